The fourth-order valence-corrected chi connectivity index (χ4v) is 3.32. The third kappa shape index (κ3) is 4.67. The Morgan fingerprint density at radius 2 is 1.78 bits per heavy atom. The average molecular weight is 433 g/mol. The second-order valence-corrected chi connectivity index (χ2v) is 7.20. The van der Waals surface area contributed by atoms with Crippen molar-refractivity contribution in [3.63, 3.8) is 0 Å². The SMILES string of the molecule is CC(=O)/C=C/c1cnc2ccc(-c3ccncc3)cc2c1Nc1cccc(C(F)(F)F)c1. The fourth-order valence-electron chi connectivity index (χ4n) is 3.32. The van der Waals surface area contributed by atoms with Crippen molar-refractivity contribution in [2.45, 2.75) is 13.1 Å². The number of ketones is 1. The molecule has 0 unspecified atom stereocenters. The molecule has 0 aliphatic rings. The zero-order valence-corrected chi connectivity index (χ0v) is 17.0. The Bertz CT molecular complexity index is 1320. The van der Waals surface area contributed by atoms with Crippen LogP contribution in [-0.2, 0) is 11.0 Å². The topological polar surface area (TPSA) is 54.9 Å². The molecular weight excluding hydrogens is 415 g/mol. The van der Waals surface area contributed by atoms with Crippen molar-refractivity contribution >= 4 is 34.1 Å². The van der Waals surface area contributed by atoms with E-state index in [1.54, 1.807) is 30.7 Å². The highest BCUT2D eigenvalue weighted by atomic mass is 19.4. The van der Waals surface area contributed by atoms with Gasteiger partial charge >= 0.3 is 6.18 Å². The van der Waals surface area contributed by atoms with E-state index in [9.17, 15) is 18.0 Å². The molecule has 0 bridgehead atoms. The summed E-state index contributed by atoms with van der Waals surface area (Å²) < 4.78 is 39.6. The summed E-state index contributed by atoms with van der Waals surface area (Å²) in [5.74, 6) is -0.152. The molecule has 0 radical (unpaired) electrons. The van der Waals surface area contributed by atoms with Gasteiger partial charge in [0, 0.05) is 35.2 Å². The first-order valence-electron chi connectivity index (χ1n) is 9.77. The molecule has 7 heteroatoms. The highest BCUT2D eigenvalue weighted by Crippen LogP contribution is 2.35. The summed E-state index contributed by atoms with van der Waals surface area (Å²) in [7, 11) is 0. The second-order valence-electron chi connectivity index (χ2n) is 7.20. The van der Waals surface area contributed by atoms with Gasteiger partial charge in [-0.05, 0) is 72.7 Å². The van der Waals surface area contributed by atoms with Crippen LogP contribution in [0.5, 0.6) is 0 Å². The normalized spacial score (nSPS) is 11.8. The molecule has 160 valence electrons. The van der Waals surface area contributed by atoms with Gasteiger partial charge in [0.2, 0.25) is 0 Å². The van der Waals surface area contributed by atoms with Crippen LogP contribution in [0.25, 0.3) is 28.1 Å². The number of hydrogen-bond donors (Lipinski definition) is 1. The van der Waals surface area contributed by atoms with E-state index in [1.807, 2.05) is 30.3 Å². The number of aromatic nitrogens is 2. The van der Waals surface area contributed by atoms with Gasteiger partial charge in [-0.3, -0.25) is 14.8 Å². The van der Waals surface area contributed by atoms with E-state index < -0.39 is 11.7 Å². The van der Waals surface area contributed by atoms with Gasteiger partial charge in [-0.1, -0.05) is 12.1 Å². The third-order valence-corrected chi connectivity index (χ3v) is 4.87. The van der Waals surface area contributed by atoms with Crippen LogP contribution in [0.1, 0.15) is 18.1 Å². The summed E-state index contributed by atoms with van der Waals surface area (Å²) in [6.45, 7) is 1.42. The van der Waals surface area contributed by atoms with Crippen molar-refractivity contribution in [1.82, 2.24) is 9.97 Å². The van der Waals surface area contributed by atoms with Crippen molar-refractivity contribution in [1.29, 1.82) is 0 Å². The van der Waals surface area contributed by atoms with E-state index in [1.165, 1.54) is 19.1 Å². The fraction of sp³-hybridized carbons (Fsp3) is 0.0800. The minimum absolute atomic E-state index is 0.152. The lowest BCUT2D eigenvalue weighted by Crippen LogP contribution is -2.05. The number of nitrogens with zero attached hydrogens (tertiary/aromatic N) is 2. The molecule has 0 fully saturated rings. The number of pyridine rings is 2. The maximum atomic E-state index is 13.2. The quantitative estimate of drug-likeness (QED) is 0.358. The molecule has 4 rings (SSSR count). The first-order valence-corrected chi connectivity index (χ1v) is 9.77. The van der Waals surface area contributed by atoms with Gasteiger partial charge in [-0.2, -0.15) is 13.2 Å². The summed E-state index contributed by atoms with van der Waals surface area (Å²) in [6, 6.07) is 14.4. The summed E-state index contributed by atoms with van der Waals surface area (Å²) >= 11 is 0. The van der Waals surface area contributed by atoms with Crippen LogP contribution in [0.3, 0.4) is 0 Å². The van der Waals surface area contributed by atoms with Gasteiger partial charge in [-0.15, -0.1) is 0 Å². The lowest BCUT2D eigenvalue weighted by Gasteiger charge is -2.15. The number of halogens is 3. The molecule has 2 heterocycles. The highest BCUT2D eigenvalue weighted by Gasteiger charge is 2.30. The second kappa shape index (κ2) is 8.63. The number of fused-ring (bicyclic) bond motifs is 1. The van der Waals surface area contributed by atoms with E-state index in [-0.39, 0.29) is 11.5 Å². The number of hydrogen-bond acceptors (Lipinski definition) is 4. The number of rotatable bonds is 5. The summed E-state index contributed by atoms with van der Waals surface area (Å²) in [4.78, 5) is 20.0. The number of carbonyl (C=O) groups is 1. The smallest absolute Gasteiger partial charge is 0.354 e. The lowest BCUT2D eigenvalue weighted by molar-refractivity contribution is -0.137. The van der Waals surface area contributed by atoms with Crippen molar-refractivity contribution in [3.05, 3.63) is 90.4 Å². The Morgan fingerprint density at radius 3 is 2.50 bits per heavy atom. The Labute approximate surface area is 182 Å². The molecule has 4 aromatic rings. The first-order chi connectivity index (χ1) is 15.3. The molecule has 32 heavy (non-hydrogen) atoms. The van der Waals surface area contributed by atoms with Gasteiger partial charge in [0.15, 0.2) is 5.78 Å². The number of carbonyl (C=O) groups excluding carboxylic acids is 1. The van der Waals surface area contributed by atoms with Crippen LogP contribution in [0.15, 0.2) is 79.3 Å². The number of benzene rings is 2. The molecule has 0 saturated heterocycles. The maximum absolute atomic E-state index is 13.2. The van der Waals surface area contributed by atoms with Gasteiger partial charge < -0.3 is 5.32 Å². The molecule has 0 saturated carbocycles. The van der Waals surface area contributed by atoms with Gasteiger partial charge in [0.05, 0.1) is 16.8 Å². The first kappa shape index (κ1) is 21.2. The van der Waals surface area contributed by atoms with Crippen LogP contribution in [0.2, 0.25) is 0 Å². The predicted octanol–water partition coefficient (Wildman–Crippen LogP) is 6.66. The largest absolute Gasteiger partial charge is 0.416 e. The number of alkyl halides is 3. The van der Waals surface area contributed by atoms with E-state index in [4.69, 9.17) is 0 Å². The molecule has 2 aromatic heterocycles. The van der Waals surface area contributed by atoms with Crippen molar-refractivity contribution in [2.24, 2.45) is 0 Å². The Balaban J connectivity index is 1.88. The van der Waals surface area contributed by atoms with Crippen LogP contribution < -0.4 is 5.32 Å². The third-order valence-electron chi connectivity index (χ3n) is 4.87. The Kier molecular flexibility index (Phi) is 5.73. The summed E-state index contributed by atoms with van der Waals surface area (Å²) in [6.07, 6.45) is 3.50. The van der Waals surface area contributed by atoms with Crippen molar-refractivity contribution in [2.75, 3.05) is 5.32 Å². The standard InChI is InChI=1S/C25H18F3N3O/c1-16(32)5-6-19-15-30-23-8-7-18(17-9-11-29-12-10-17)13-22(23)24(19)31-21-4-2-3-20(14-21)25(26,27)28/h2-15H,1H3,(H,30,31)/b6-5+. The van der Waals surface area contributed by atoms with Crippen molar-refractivity contribution in [3.8, 4) is 11.1 Å². The molecule has 4 nitrogen and oxygen atoms in total. The number of allylic oxidation sites excluding steroid dienone is 1. The predicted molar refractivity (Wildman–Crippen MR) is 119 cm³/mol. The van der Waals surface area contributed by atoms with Gasteiger partial charge in [0.25, 0.3) is 0 Å². The highest BCUT2D eigenvalue weighted by molar-refractivity contribution is 6.01. The molecular formula is C25H18F3N3O. The molecule has 0 amide bonds. The maximum Gasteiger partial charge on any atom is 0.416 e. The summed E-state index contributed by atoms with van der Waals surface area (Å²) in [5, 5.41) is 3.83. The van der Waals surface area contributed by atoms with Crippen LogP contribution in [-0.4, -0.2) is 15.8 Å². The Morgan fingerprint density at radius 1 is 1.00 bits per heavy atom. The molecule has 0 aliphatic carbocycles. The van der Waals surface area contributed by atoms with E-state index in [0.717, 1.165) is 23.3 Å². The van der Waals surface area contributed by atoms with Gasteiger partial charge in [0.1, 0.15) is 0 Å². The van der Waals surface area contributed by atoms with Crippen molar-refractivity contribution < 1.29 is 18.0 Å². The molecule has 0 aliphatic heterocycles. The van der Waals surface area contributed by atoms with E-state index >= 15 is 0 Å². The van der Waals surface area contributed by atoms with Crippen LogP contribution >= 0.6 is 0 Å². The Hall–Kier alpha value is -4.00. The molecule has 0 spiro atoms. The minimum atomic E-state index is -4.45. The minimum Gasteiger partial charge on any atom is -0.354 e. The summed E-state index contributed by atoms with van der Waals surface area (Å²) in [5.41, 5.74) is 3.17. The number of anilines is 2. The van der Waals surface area contributed by atoms with E-state index in [0.29, 0.717) is 22.2 Å². The average Bonchev–Trinajstić information content (AvgIpc) is 2.78. The monoisotopic (exact) mass is 433 g/mol. The van der Waals surface area contributed by atoms with Crippen LogP contribution in [0.4, 0.5) is 24.5 Å². The zero-order valence-electron chi connectivity index (χ0n) is 17.0. The molecule has 1 N–H and O–H groups in total. The van der Waals surface area contributed by atoms with Crippen LogP contribution in [0, 0.1) is 0 Å². The van der Waals surface area contributed by atoms with Gasteiger partial charge in [-0.25, -0.2) is 0 Å². The number of nitrogens with one attached hydrogen (secondary N) is 1. The van der Waals surface area contributed by atoms with E-state index in [2.05, 4.69) is 15.3 Å². The zero-order chi connectivity index (χ0) is 22.7. The molecule has 2 aromatic carbocycles. The molecule has 0 atom stereocenters. The lowest BCUT2D eigenvalue weighted by atomic mass is 10.0.